The normalized spacial score (nSPS) is 42.8. The first-order chi connectivity index (χ1) is 18.7. The van der Waals surface area contributed by atoms with Gasteiger partial charge in [0.15, 0.2) is 11.6 Å². The molecular formula is C34H46F2N2O3. The minimum Gasteiger partial charge on any atom is -0.350 e. The highest BCUT2D eigenvalue weighted by atomic mass is 19.3. The first-order valence-corrected chi connectivity index (χ1v) is 15.3. The Hall–Kier alpha value is -2.36. The number of amides is 1. The van der Waals surface area contributed by atoms with Crippen molar-refractivity contribution in [2.45, 2.75) is 106 Å². The average Bonchev–Trinajstić information content (AvgIpc) is 2.86. The lowest BCUT2D eigenvalue weighted by molar-refractivity contribution is -0.172. The molecule has 0 aromatic rings. The highest BCUT2D eigenvalue weighted by Gasteiger charge is 2.69. The molecule has 224 valence electrons. The maximum absolute atomic E-state index is 14.5. The molecule has 1 N–H and O–H groups in total. The standard InChI is InChI=1S/C34H46F2N2O3/c1-28(2)11-13-34(19-38-27(41)33(8,35)36)14-12-32(7)25(21(34)17-28)22(39)15-24-30(5)16-20(18-37)26(40)29(3,4)23(30)9-10-31(24,32)6/h15-16,21,23,25H,9-14,17,19H2,1-8H3,(H,38,41)/t21-,23-,25-,30-,31+,32+,34+/m0/s1. The van der Waals surface area contributed by atoms with Crippen molar-refractivity contribution in [2.24, 2.45) is 50.2 Å². The number of hydrogen-bond donors (Lipinski definition) is 1. The first kappa shape index (κ1) is 30.1. The minimum atomic E-state index is -3.45. The monoisotopic (exact) mass is 568 g/mol. The van der Waals surface area contributed by atoms with Crippen LogP contribution in [0.25, 0.3) is 0 Å². The van der Waals surface area contributed by atoms with E-state index in [2.05, 4.69) is 46.0 Å². The quantitative estimate of drug-likeness (QED) is 0.398. The number of fused-ring (bicyclic) bond motifs is 7. The van der Waals surface area contributed by atoms with Crippen LogP contribution in [0.4, 0.5) is 8.78 Å². The van der Waals surface area contributed by atoms with Crippen LogP contribution in [0.5, 0.6) is 0 Å². The zero-order chi connectivity index (χ0) is 30.6. The van der Waals surface area contributed by atoms with E-state index in [1.54, 1.807) is 0 Å². The van der Waals surface area contributed by atoms with Gasteiger partial charge in [-0.1, -0.05) is 60.1 Å². The van der Waals surface area contributed by atoms with Crippen molar-refractivity contribution >= 4 is 17.5 Å². The summed E-state index contributed by atoms with van der Waals surface area (Å²) >= 11 is 0. The number of nitrogens with one attached hydrogen (secondary N) is 1. The Morgan fingerprint density at radius 2 is 1.68 bits per heavy atom. The second-order valence-corrected chi connectivity index (χ2v) is 16.2. The van der Waals surface area contributed by atoms with E-state index in [-0.39, 0.29) is 57.7 Å². The third-order valence-corrected chi connectivity index (χ3v) is 13.0. The fraction of sp³-hybridized carbons (Fsp3) is 0.765. The fourth-order valence-corrected chi connectivity index (χ4v) is 10.5. The van der Waals surface area contributed by atoms with E-state index in [0.29, 0.717) is 6.92 Å². The number of nitriles is 1. The molecule has 0 saturated heterocycles. The lowest BCUT2D eigenvalue weighted by Gasteiger charge is -2.69. The van der Waals surface area contributed by atoms with Gasteiger partial charge >= 0.3 is 5.92 Å². The number of rotatable bonds is 3. The van der Waals surface area contributed by atoms with Gasteiger partial charge in [-0.15, -0.1) is 0 Å². The number of allylic oxidation sites excluding steroid dienone is 4. The van der Waals surface area contributed by atoms with E-state index in [1.165, 1.54) is 0 Å². The molecule has 0 aliphatic heterocycles. The van der Waals surface area contributed by atoms with Crippen molar-refractivity contribution in [3.8, 4) is 6.07 Å². The predicted molar refractivity (Wildman–Crippen MR) is 153 cm³/mol. The summed E-state index contributed by atoms with van der Waals surface area (Å²) in [5.41, 5.74) is -1.22. The van der Waals surface area contributed by atoms with Gasteiger partial charge in [0, 0.05) is 30.2 Å². The summed E-state index contributed by atoms with van der Waals surface area (Å²) in [5, 5.41) is 12.5. The van der Waals surface area contributed by atoms with Gasteiger partial charge in [0.05, 0.1) is 5.57 Å². The van der Waals surface area contributed by atoms with Crippen LogP contribution < -0.4 is 5.32 Å². The van der Waals surface area contributed by atoms with Gasteiger partial charge in [-0.25, -0.2) is 0 Å². The van der Waals surface area contributed by atoms with Crippen molar-refractivity contribution in [3.63, 3.8) is 0 Å². The molecule has 5 nitrogen and oxygen atoms in total. The van der Waals surface area contributed by atoms with Gasteiger partial charge in [-0.2, -0.15) is 14.0 Å². The van der Waals surface area contributed by atoms with Crippen molar-refractivity contribution in [1.82, 2.24) is 5.32 Å². The summed E-state index contributed by atoms with van der Waals surface area (Å²) in [6, 6.07) is 2.15. The number of halogens is 2. The molecule has 0 unspecified atom stereocenters. The van der Waals surface area contributed by atoms with Crippen molar-refractivity contribution in [1.29, 1.82) is 5.26 Å². The van der Waals surface area contributed by atoms with Crippen LogP contribution in [0.3, 0.4) is 0 Å². The SMILES string of the molecule is CC1(C)CC[C@]2(CNC(=O)C(C)(F)F)CC[C@]3(C)[C@H](C(=O)C=C4[C@@]5(C)C=C(C#N)C(=O)C(C)(C)[C@@H]5CC[C@]43C)[C@@H]2C1. The number of carbonyl (C=O) groups excluding carboxylic acids is 3. The lowest BCUT2D eigenvalue weighted by Crippen LogP contribution is -2.66. The summed E-state index contributed by atoms with van der Waals surface area (Å²) in [4.78, 5) is 40.0. The molecular weight excluding hydrogens is 522 g/mol. The van der Waals surface area contributed by atoms with Crippen LogP contribution in [-0.4, -0.2) is 29.9 Å². The van der Waals surface area contributed by atoms with Crippen molar-refractivity contribution in [2.75, 3.05) is 6.54 Å². The maximum Gasteiger partial charge on any atom is 0.321 e. The van der Waals surface area contributed by atoms with Crippen LogP contribution in [0.15, 0.2) is 23.3 Å². The van der Waals surface area contributed by atoms with Crippen LogP contribution >= 0.6 is 0 Å². The topological polar surface area (TPSA) is 87.0 Å². The smallest absolute Gasteiger partial charge is 0.321 e. The van der Waals surface area contributed by atoms with Gasteiger partial charge in [0.1, 0.15) is 6.07 Å². The first-order valence-electron chi connectivity index (χ1n) is 15.3. The summed E-state index contributed by atoms with van der Waals surface area (Å²) in [6.45, 7) is 15.8. The zero-order valence-corrected chi connectivity index (χ0v) is 26.0. The Morgan fingerprint density at radius 3 is 2.29 bits per heavy atom. The number of alkyl halides is 2. The molecule has 5 rings (SSSR count). The van der Waals surface area contributed by atoms with E-state index in [1.807, 2.05) is 26.0 Å². The molecule has 5 aliphatic carbocycles. The largest absolute Gasteiger partial charge is 0.350 e. The molecule has 7 atom stereocenters. The summed E-state index contributed by atoms with van der Waals surface area (Å²) in [5.74, 6) is -5.11. The van der Waals surface area contributed by atoms with Crippen molar-refractivity contribution < 1.29 is 23.2 Å². The molecule has 0 radical (unpaired) electrons. The summed E-state index contributed by atoms with van der Waals surface area (Å²) in [6.07, 6.45) is 9.39. The van der Waals surface area contributed by atoms with Crippen LogP contribution in [0, 0.1) is 61.6 Å². The molecule has 0 bridgehead atoms. The van der Waals surface area contributed by atoms with E-state index < -0.39 is 28.1 Å². The van der Waals surface area contributed by atoms with E-state index in [9.17, 15) is 28.4 Å². The Labute approximate surface area is 243 Å². The minimum absolute atomic E-state index is 0.00186. The molecule has 0 aromatic heterocycles. The Kier molecular flexibility index (Phi) is 6.49. The molecule has 0 spiro atoms. The molecule has 7 heteroatoms. The molecule has 0 heterocycles. The highest BCUT2D eigenvalue weighted by Crippen LogP contribution is 2.74. The number of carbonyl (C=O) groups is 3. The Bertz CT molecular complexity index is 1320. The third-order valence-electron chi connectivity index (χ3n) is 13.0. The molecule has 3 fully saturated rings. The zero-order valence-electron chi connectivity index (χ0n) is 26.0. The van der Waals surface area contributed by atoms with E-state index in [4.69, 9.17) is 0 Å². The molecule has 0 aromatic carbocycles. The van der Waals surface area contributed by atoms with Gasteiger partial charge in [-0.3, -0.25) is 14.4 Å². The highest BCUT2D eigenvalue weighted by molar-refractivity contribution is 6.04. The van der Waals surface area contributed by atoms with Crippen LogP contribution in [-0.2, 0) is 14.4 Å². The van der Waals surface area contributed by atoms with Gasteiger partial charge in [0.2, 0.25) is 0 Å². The van der Waals surface area contributed by atoms with Crippen LogP contribution in [0.2, 0.25) is 0 Å². The molecule has 41 heavy (non-hydrogen) atoms. The van der Waals surface area contributed by atoms with E-state index in [0.717, 1.165) is 50.5 Å². The van der Waals surface area contributed by atoms with Crippen molar-refractivity contribution in [3.05, 3.63) is 23.3 Å². The molecule has 5 aliphatic rings. The Morgan fingerprint density at radius 1 is 1.05 bits per heavy atom. The van der Waals surface area contributed by atoms with Crippen LogP contribution in [0.1, 0.15) is 100 Å². The summed E-state index contributed by atoms with van der Waals surface area (Å²) < 4.78 is 27.7. The molecule has 3 saturated carbocycles. The van der Waals surface area contributed by atoms with Gasteiger partial charge in [-0.05, 0) is 84.5 Å². The van der Waals surface area contributed by atoms with Gasteiger partial charge in [0.25, 0.3) is 5.91 Å². The maximum atomic E-state index is 14.5. The van der Waals surface area contributed by atoms with Gasteiger partial charge < -0.3 is 5.32 Å². The van der Waals surface area contributed by atoms with E-state index >= 15 is 0 Å². The lowest BCUT2D eigenvalue weighted by atomic mass is 9.34. The Balaban J connectivity index is 1.62. The fourth-order valence-electron chi connectivity index (χ4n) is 10.5. The number of Topliss-reactive ketones (excluding diaryl/α,β-unsaturated/α-hetero) is 1. The second kappa shape index (κ2) is 8.83. The molecule has 1 amide bonds. The average molecular weight is 569 g/mol. The number of nitrogens with zero attached hydrogens (tertiary/aromatic N) is 1. The third kappa shape index (κ3) is 4.05. The number of ketones is 2. The second-order valence-electron chi connectivity index (χ2n) is 16.2. The summed E-state index contributed by atoms with van der Waals surface area (Å²) in [7, 11) is 0. The predicted octanol–water partition coefficient (Wildman–Crippen LogP) is 6.98. The number of hydrogen-bond acceptors (Lipinski definition) is 4.